The van der Waals surface area contributed by atoms with Gasteiger partial charge in [0.05, 0.1) is 16.7 Å². The molecule has 0 saturated heterocycles. The largest absolute Gasteiger partial charge is 0.310 e. The summed E-state index contributed by atoms with van der Waals surface area (Å²) in [6, 6.07) is 97.0. The van der Waals surface area contributed by atoms with Crippen molar-refractivity contribution in [2.24, 2.45) is 0 Å². The Labute approximate surface area is 385 Å². The first-order valence-electron chi connectivity index (χ1n) is 22.7. The molecule has 0 amide bonds. The molecule has 66 heavy (non-hydrogen) atoms. The van der Waals surface area contributed by atoms with Crippen molar-refractivity contribution in [1.29, 1.82) is 0 Å². The van der Waals surface area contributed by atoms with Gasteiger partial charge in [-0.25, -0.2) is 0 Å². The van der Waals surface area contributed by atoms with E-state index >= 15 is 0 Å². The second-order valence-electron chi connectivity index (χ2n) is 16.8. The first kappa shape index (κ1) is 38.9. The summed E-state index contributed by atoms with van der Waals surface area (Å²) in [5.41, 5.74) is 18.5. The molecule has 1 aromatic heterocycles. The Hall–Kier alpha value is -8.72. The lowest BCUT2D eigenvalue weighted by molar-refractivity contribution is 1.18. The topological polar surface area (TPSA) is 8.17 Å². The predicted molar refractivity (Wildman–Crippen MR) is 280 cm³/mol. The fourth-order valence-electron chi connectivity index (χ4n) is 10.1. The van der Waals surface area contributed by atoms with Crippen LogP contribution in [0.5, 0.6) is 0 Å². The molecule has 0 fully saturated rings. The highest BCUT2D eigenvalue weighted by Crippen LogP contribution is 2.47. The molecule has 0 saturated carbocycles. The smallest absolute Gasteiger partial charge is 0.0619 e. The van der Waals surface area contributed by atoms with Crippen molar-refractivity contribution < 1.29 is 0 Å². The maximum atomic E-state index is 2.46. The molecule has 2 nitrogen and oxygen atoms in total. The molecule has 12 aromatic rings. The highest BCUT2D eigenvalue weighted by molar-refractivity contribution is 6.14. The number of para-hydroxylation sites is 4. The molecule has 0 aliphatic carbocycles. The van der Waals surface area contributed by atoms with Crippen LogP contribution in [0.25, 0.3) is 93.9 Å². The zero-order chi connectivity index (χ0) is 43.8. The van der Waals surface area contributed by atoms with Crippen molar-refractivity contribution >= 4 is 49.6 Å². The van der Waals surface area contributed by atoms with Gasteiger partial charge in [-0.15, -0.1) is 0 Å². The average molecular weight is 841 g/mol. The van der Waals surface area contributed by atoms with Crippen molar-refractivity contribution in [3.8, 4) is 61.3 Å². The molecule has 0 atom stereocenters. The van der Waals surface area contributed by atoms with Crippen LogP contribution in [0.15, 0.2) is 267 Å². The van der Waals surface area contributed by atoms with E-state index in [0.717, 1.165) is 39.4 Å². The Morgan fingerprint density at radius 1 is 0.273 bits per heavy atom. The highest BCUT2D eigenvalue weighted by Gasteiger charge is 2.22. The van der Waals surface area contributed by atoms with Crippen LogP contribution >= 0.6 is 0 Å². The minimum atomic E-state index is 1.07. The van der Waals surface area contributed by atoms with Crippen molar-refractivity contribution in [3.05, 3.63) is 267 Å². The van der Waals surface area contributed by atoms with E-state index in [9.17, 15) is 0 Å². The van der Waals surface area contributed by atoms with Crippen LogP contribution in [0.3, 0.4) is 0 Å². The first-order chi connectivity index (χ1) is 32.8. The molecule has 0 N–H and O–H groups in total. The van der Waals surface area contributed by atoms with Crippen molar-refractivity contribution in [2.45, 2.75) is 0 Å². The molecule has 310 valence electrons. The standard InChI is InChI=1S/C64H44N2/c1-3-21-45(22-4-1)53-32-9-10-33-56(53)57-34-11-12-35-58(57)59-36-13-15-41-62(59)65(50-29-17-25-47(43-50)54-38-19-24-46-23-7-8-31-52(46)54)51-30-18-26-48(44-51)55-39-20-40-61-60-37-14-16-42-63(60)66(64(55)61)49-27-5-2-6-28-49/h1-44H. The molecule has 0 radical (unpaired) electrons. The molecular weight excluding hydrogens is 797 g/mol. The van der Waals surface area contributed by atoms with Crippen molar-refractivity contribution in [2.75, 3.05) is 4.90 Å². The Kier molecular flexibility index (Phi) is 9.89. The summed E-state index contributed by atoms with van der Waals surface area (Å²) in [7, 11) is 0. The number of hydrogen-bond donors (Lipinski definition) is 0. The third-order valence-electron chi connectivity index (χ3n) is 13.0. The monoisotopic (exact) mass is 840 g/mol. The lowest BCUT2D eigenvalue weighted by atomic mass is 9.88. The van der Waals surface area contributed by atoms with E-state index in [4.69, 9.17) is 0 Å². The molecule has 11 aromatic carbocycles. The van der Waals surface area contributed by atoms with Gasteiger partial charge in [0.15, 0.2) is 0 Å². The number of aromatic nitrogens is 1. The SMILES string of the molecule is c1ccc(-c2ccccc2-c2ccccc2-c2ccccc2N(c2cccc(-c3cccc4ccccc34)c2)c2cccc(-c3cccc4c5ccccc5n(-c5ccccc5)c34)c2)cc1. The number of benzene rings is 11. The molecule has 2 heteroatoms. The fourth-order valence-corrected chi connectivity index (χ4v) is 10.1. The Morgan fingerprint density at radius 3 is 1.47 bits per heavy atom. The Balaban J connectivity index is 1.09. The zero-order valence-electron chi connectivity index (χ0n) is 36.3. The maximum absolute atomic E-state index is 2.46. The highest BCUT2D eigenvalue weighted by atomic mass is 15.1. The number of anilines is 3. The van der Waals surface area contributed by atoms with Crippen LogP contribution in [-0.4, -0.2) is 4.57 Å². The van der Waals surface area contributed by atoms with Gasteiger partial charge in [-0.2, -0.15) is 0 Å². The van der Waals surface area contributed by atoms with E-state index in [1.807, 2.05) is 0 Å². The summed E-state index contributed by atoms with van der Waals surface area (Å²) < 4.78 is 2.43. The van der Waals surface area contributed by atoms with Gasteiger partial charge >= 0.3 is 0 Å². The molecule has 0 aliphatic heterocycles. The minimum Gasteiger partial charge on any atom is -0.310 e. The van der Waals surface area contributed by atoms with E-state index < -0.39 is 0 Å². The summed E-state index contributed by atoms with van der Waals surface area (Å²) >= 11 is 0. The average Bonchev–Trinajstić information content (AvgIpc) is 3.74. The minimum absolute atomic E-state index is 1.07. The predicted octanol–water partition coefficient (Wildman–Crippen LogP) is 17.7. The molecule has 0 unspecified atom stereocenters. The van der Waals surface area contributed by atoms with E-state index in [2.05, 4.69) is 276 Å². The van der Waals surface area contributed by atoms with Crippen LogP contribution in [0.4, 0.5) is 17.1 Å². The van der Waals surface area contributed by atoms with Gasteiger partial charge in [-0.3, -0.25) is 0 Å². The molecule has 0 bridgehead atoms. The zero-order valence-corrected chi connectivity index (χ0v) is 36.3. The number of fused-ring (bicyclic) bond motifs is 4. The molecule has 0 aliphatic rings. The second-order valence-corrected chi connectivity index (χ2v) is 16.8. The van der Waals surface area contributed by atoms with Crippen LogP contribution in [0, 0.1) is 0 Å². The molecule has 12 rings (SSSR count). The van der Waals surface area contributed by atoms with Crippen LogP contribution in [0.1, 0.15) is 0 Å². The number of hydrogen-bond acceptors (Lipinski definition) is 1. The van der Waals surface area contributed by atoms with Gasteiger partial charge in [0.1, 0.15) is 0 Å². The summed E-state index contributed by atoms with van der Waals surface area (Å²) in [4.78, 5) is 2.46. The van der Waals surface area contributed by atoms with Gasteiger partial charge in [0, 0.05) is 39.0 Å². The normalized spacial score (nSPS) is 11.3. The Bertz CT molecular complexity index is 3710. The van der Waals surface area contributed by atoms with Crippen molar-refractivity contribution in [3.63, 3.8) is 0 Å². The van der Waals surface area contributed by atoms with Crippen LogP contribution < -0.4 is 4.90 Å². The fraction of sp³-hybridized carbons (Fsp3) is 0. The lowest BCUT2D eigenvalue weighted by Gasteiger charge is -2.29. The van der Waals surface area contributed by atoms with Gasteiger partial charge in [0.2, 0.25) is 0 Å². The van der Waals surface area contributed by atoms with Crippen LogP contribution in [-0.2, 0) is 0 Å². The first-order valence-corrected chi connectivity index (χ1v) is 22.7. The summed E-state index contributed by atoms with van der Waals surface area (Å²) in [5, 5.41) is 4.93. The Morgan fingerprint density at radius 2 is 0.727 bits per heavy atom. The molecule has 1 heterocycles. The van der Waals surface area contributed by atoms with Gasteiger partial charge < -0.3 is 9.47 Å². The third kappa shape index (κ3) is 6.84. The van der Waals surface area contributed by atoms with E-state index in [-0.39, 0.29) is 0 Å². The van der Waals surface area contributed by atoms with Gasteiger partial charge in [0.25, 0.3) is 0 Å². The third-order valence-corrected chi connectivity index (χ3v) is 13.0. The van der Waals surface area contributed by atoms with E-state index in [1.54, 1.807) is 0 Å². The molecule has 0 spiro atoms. The van der Waals surface area contributed by atoms with E-state index in [1.165, 1.54) is 71.5 Å². The number of rotatable bonds is 9. The summed E-state index contributed by atoms with van der Waals surface area (Å²) in [6.07, 6.45) is 0. The van der Waals surface area contributed by atoms with E-state index in [0.29, 0.717) is 0 Å². The van der Waals surface area contributed by atoms with Crippen LogP contribution in [0.2, 0.25) is 0 Å². The maximum Gasteiger partial charge on any atom is 0.0619 e. The summed E-state index contributed by atoms with van der Waals surface area (Å²) in [6.45, 7) is 0. The van der Waals surface area contributed by atoms with Crippen molar-refractivity contribution in [1.82, 2.24) is 4.57 Å². The molecular formula is C64H44N2. The number of nitrogens with zero attached hydrogens (tertiary/aromatic N) is 2. The quantitative estimate of drug-likeness (QED) is 0.141. The summed E-state index contributed by atoms with van der Waals surface area (Å²) in [5.74, 6) is 0. The lowest BCUT2D eigenvalue weighted by Crippen LogP contribution is -2.11. The van der Waals surface area contributed by atoms with Gasteiger partial charge in [-0.1, -0.05) is 218 Å². The second kappa shape index (κ2) is 16.8. The van der Waals surface area contributed by atoms with Gasteiger partial charge in [-0.05, 0) is 104 Å².